The molecule has 1 aliphatic heterocycles. The van der Waals surface area contributed by atoms with Crippen LogP contribution in [0.3, 0.4) is 0 Å². The van der Waals surface area contributed by atoms with Crippen LogP contribution in [0.4, 0.5) is 0 Å². The fourth-order valence-electron chi connectivity index (χ4n) is 1.53. The molecule has 0 aromatic heterocycles. The molecule has 0 amide bonds. The van der Waals surface area contributed by atoms with E-state index in [1.807, 2.05) is 6.92 Å². The van der Waals surface area contributed by atoms with Crippen molar-refractivity contribution in [3.63, 3.8) is 0 Å². The maximum Gasteiger partial charge on any atom is 0.216 e. The molecule has 0 saturated carbocycles. The Bertz CT molecular complexity index is 261. The van der Waals surface area contributed by atoms with Gasteiger partial charge in [0.2, 0.25) is 10.0 Å². The first-order valence-corrected chi connectivity index (χ1v) is 6.98. The Kier molecular flexibility index (Phi) is 5.52. The molecule has 0 aliphatic carbocycles. The highest BCUT2D eigenvalue weighted by atomic mass is 32.2. The number of sulfonamides is 1. The number of likely N-dealkylation sites (N-methyl/N-ethyl adjacent to an activating group) is 1. The summed E-state index contributed by atoms with van der Waals surface area (Å²) in [5.74, 6) is 0. The second kappa shape index (κ2) is 6.42. The van der Waals surface area contributed by atoms with Gasteiger partial charge in [0.05, 0.1) is 11.9 Å². The lowest BCUT2D eigenvalue weighted by atomic mass is 10.2. The third-order valence-corrected chi connectivity index (χ3v) is 4.27. The third-order valence-electron chi connectivity index (χ3n) is 2.41. The second-order valence-corrected chi connectivity index (χ2v) is 5.68. The molecule has 0 radical (unpaired) electrons. The lowest BCUT2D eigenvalue weighted by Crippen LogP contribution is -2.41. The standard InChI is InChI=1S/C9H20N2O3S/c1-2-10-5-6-11-15(12,13)9-4-3-7-14-8-9/h9-11H,2-8H2,1H3. The number of hydrogen-bond donors (Lipinski definition) is 2. The maximum atomic E-state index is 11.7. The van der Waals surface area contributed by atoms with Crippen molar-refractivity contribution in [1.29, 1.82) is 0 Å². The maximum absolute atomic E-state index is 11.7. The van der Waals surface area contributed by atoms with Crippen LogP contribution in [0.5, 0.6) is 0 Å². The second-order valence-electron chi connectivity index (χ2n) is 3.63. The fraction of sp³-hybridized carbons (Fsp3) is 1.00. The molecular formula is C9H20N2O3S. The molecule has 6 heteroatoms. The van der Waals surface area contributed by atoms with Gasteiger partial charge in [0.1, 0.15) is 0 Å². The molecule has 1 rings (SSSR count). The Morgan fingerprint density at radius 3 is 2.80 bits per heavy atom. The van der Waals surface area contributed by atoms with Crippen LogP contribution in [0.1, 0.15) is 19.8 Å². The van der Waals surface area contributed by atoms with E-state index >= 15 is 0 Å². The van der Waals surface area contributed by atoms with Gasteiger partial charge in [-0.15, -0.1) is 0 Å². The lowest BCUT2D eigenvalue weighted by molar-refractivity contribution is 0.0988. The molecule has 1 atom stereocenters. The van der Waals surface area contributed by atoms with E-state index in [1.165, 1.54) is 0 Å². The quantitative estimate of drug-likeness (QED) is 0.621. The largest absolute Gasteiger partial charge is 0.380 e. The normalized spacial score (nSPS) is 22.9. The summed E-state index contributed by atoms with van der Waals surface area (Å²) in [7, 11) is -3.18. The molecule has 1 aliphatic rings. The molecule has 15 heavy (non-hydrogen) atoms. The van der Waals surface area contributed by atoms with Crippen molar-refractivity contribution < 1.29 is 13.2 Å². The van der Waals surface area contributed by atoms with Gasteiger partial charge in [-0.05, 0) is 19.4 Å². The Morgan fingerprint density at radius 2 is 2.20 bits per heavy atom. The van der Waals surface area contributed by atoms with Crippen LogP contribution in [0.15, 0.2) is 0 Å². The van der Waals surface area contributed by atoms with E-state index in [4.69, 9.17) is 4.74 Å². The molecule has 1 heterocycles. The first-order chi connectivity index (χ1) is 7.17. The minimum Gasteiger partial charge on any atom is -0.380 e. The molecule has 1 fully saturated rings. The summed E-state index contributed by atoms with van der Waals surface area (Å²) in [4.78, 5) is 0. The minimum atomic E-state index is -3.18. The fourth-order valence-corrected chi connectivity index (χ4v) is 2.91. The van der Waals surface area contributed by atoms with Crippen molar-refractivity contribution in [1.82, 2.24) is 10.0 Å². The molecular weight excluding hydrogens is 216 g/mol. The van der Waals surface area contributed by atoms with E-state index in [1.54, 1.807) is 0 Å². The average molecular weight is 236 g/mol. The molecule has 0 aromatic rings. The van der Waals surface area contributed by atoms with Crippen LogP contribution in [-0.2, 0) is 14.8 Å². The highest BCUT2D eigenvalue weighted by Gasteiger charge is 2.27. The number of rotatable bonds is 6. The minimum absolute atomic E-state index is 0.330. The lowest BCUT2D eigenvalue weighted by Gasteiger charge is -2.22. The molecule has 2 N–H and O–H groups in total. The average Bonchev–Trinajstić information content (AvgIpc) is 2.26. The topological polar surface area (TPSA) is 67.4 Å². The van der Waals surface area contributed by atoms with Crippen LogP contribution < -0.4 is 10.0 Å². The zero-order valence-electron chi connectivity index (χ0n) is 9.16. The number of ether oxygens (including phenoxy) is 1. The summed E-state index contributed by atoms with van der Waals surface area (Å²) in [6, 6.07) is 0. The van der Waals surface area contributed by atoms with Crippen LogP contribution in [0.2, 0.25) is 0 Å². The zero-order chi connectivity index (χ0) is 11.1. The summed E-state index contributed by atoms with van der Waals surface area (Å²) < 4.78 is 31.2. The van der Waals surface area contributed by atoms with Crippen molar-refractivity contribution in [2.45, 2.75) is 25.0 Å². The van der Waals surface area contributed by atoms with Gasteiger partial charge < -0.3 is 10.1 Å². The van der Waals surface area contributed by atoms with Gasteiger partial charge in [-0.25, -0.2) is 13.1 Å². The van der Waals surface area contributed by atoms with Crippen molar-refractivity contribution in [3.8, 4) is 0 Å². The van der Waals surface area contributed by atoms with Crippen molar-refractivity contribution in [3.05, 3.63) is 0 Å². The highest BCUT2D eigenvalue weighted by Crippen LogP contribution is 2.13. The summed E-state index contributed by atoms with van der Waals surface area (Å²) in [5, 5.41) is 2.70. The van der Waals surface area contributed by atoms with E-state index in [2.05, 4.69) is 10.0 Å². The SMILES string of the molecule is CCNCCNS(=O)(=O)C1CCCOC1. The Hall–Kier alpha value is -0.170. The van der Waals surface area contributed by atoms with Crippen molar-refractivity contribution in [2.24, 2.45) is 0 Å². The molecule has 90 valence electrons. The van der Waals surface area contributed by atoms with E-state index in [0.29, 0.717) is 32.7 Å². The van der Waals surface area contributed by atoms with Gasteiger partial charge in [0, 0.05) is 19.7 Å². The van der Waals surface area contributed by atoms with Gasteiger partial charge in [-0.3, -0.25) is 0 Å². The summed E-state index contributed by atoms with van der Waals surface area (Å²) in [5.41, 5.74) is 0. The predicted octanol–water partition coefficient (Wildman–Crippen LogP) is -0.306. The van der Waals surface area contributed by atoms with Crippen molar-refractivity contribution in [2.75, 3.05) is 32.8 Å². The van der Waals surface area contributed by atoms with E-state index in [-0.39, 0.29) is 5.25 Å². The summed E-state index contributed by atoms with van der Waals surface area (Å²) >= 11 is 0. The van der Waals surface area contributed by atoms with E-state index in [9.17, 15) is 8.42 Å². The van der Waals surface area contributed by atoms with Gasteiger partial charge in [-0.1, -0.05) is 6.92 Å². The molecule has 5 nitrogen and oxygen atoms in total. The molecule has 0 bridgehead atoms. The summed E-state index contributed by atoms with van der Waals surface area (Å²) in [6.45, 7) is 4.98. The van der Waals surface area contributed by atoms with Crippen molar-refractivity contribution >= 4 is 10.0 Å². The van der Waals surface area contributed by atoms with Gasteiger partial charge in [0.15, 0.2) is 0 Å². The van der Waals surface area contributed by atoms with Crippen LogP contribution in [0, 0.1) is 0 Å². The van der Waals surface area contributed by atoms with Crippen LogP contribution >= 0.6 is 0 Å². The van der Waals surface area contributed by atoms with Crippen LogP contribution in [0.25, 0.3) is 0 Å². The molecule has 0 spiro atoms. The Balaban J connectivity index is 2.30. The molecule has 1 saturated heterocycles. The number of nitrogens with one attached hydrogen (secondary N) is 2. The first kappa shape index (κ1) is 12.9. The van der Waals surface area contributed by atoms with Gasteiger partial charge in [0.25, 0.3) is 0 Å². The van der Waals surface area contributed by atoms with E-state index in [0.717, 1.165) is 13.0 Å². The highest BCUT2D eigenvalue weighted by molar-refractivity contribution is 7.90. The third kappa shape index (κ3) is 4.46. The van der Waals surface area contributed by atoms with Gasteiger partial charge >= 0.3 is 0 Å². The number of hydrogen-bond acceptors (Lipinski definition) is 4. The van der Waals surface area contributed by atoms with Crippen LogP contribution in [-0.4, -0.2) is 46.5 Å². The smallest absolute Gasteiger partial charge is 0.216 e. The molecule has 1 unspecified atom stereocenters. The Labute approximate surface area is 91.6 Å². The molecule has 0 aromatic carbocycles. The summed E-state index contributed by atoms with van der Waals surface area (Å²) in [6.07, 6.45) is 1.54. The first-order valence-electron chi connectivity index (χ1n) is 5.43. The monoisotopic (exact) mass is 236 g/mol. The van der Waals surface area contributed by atoms with Gasteiger partial charge in [-0.2, -0.15) is 0 Å². The van der Waals surface area contributed by atoms with E-state index < -0.39 is 10.0 Å². The zero-order valence-corrected chi connectivity index (χ0v) is 9.98. The Morgan fingerprint density at radius 1 is 1.40 bits per heavy atom. The predicted molar refractivity (Wildman–Crippen MR) is 59.3 cm³/mol.